The number of fused-ring (bicyclic) bond motifs is 1. The number of carbonyl (C=O) groups excluding carboxylic acids is 1. The van der Waals surface area contributed by atoms with Crippen molar-refractivity contribution in [3.63, 3.8) is 0 Å². The molecular formula is C20H29N3O3. The Kier molecular flexibility index (Phi) is 4.63. The highest BCUT2D eigenvalue weighted by molar-refractivity contribution is 5.95. The first-order valence-electron chi connectivity index (χ1n) is 9.31. The highest BCUT2D eigenvalue weighted by Gasteiger charge is 2.44. The van der Waals surface area contributed by atoms with Crippen LogP contribution in [-0.2, 0) is 6.42 Å². The van der Waals surface area contributed by atoms with Crippen LogP contribution in [0.2, 0.25) is 0 Å². The second-order valence-corrected chi connectivity index (χ2v) is 8.59. The topological polar surface area (TPSA) is 64.1 Å². The number of likely N-dealkylation sites (tertiary alicyclic amines) is 1. The van der Waals surface area contributed by atoms with Crippen molar-refractivity contribution in [3.05, 3.63) is 29.8 Å². The van der Waals surface area contributed by atoms with Crippen LogP contribution in [0.3, 0.4) is 0 Å². The number of para-hydroxylation sites is 1. The van der Waals surface area contributed by atoms with Crippen LogP contribution in [0.1, 0.15) is 46.1 Å². The summed E-state index contributed by atoms with van der Waals surface area (Å²) in [7, 11) is 0. The van der Waals surface area contributed by atoms with Crippen LogP contribution in [0.15, 0.2) is 24.3 Å². The fourth-order valence-corrected chi connectivity index (χ4v) is 4.09. The predicted molar refractivity (Wildman–Crippen MR) is 102 cm³/mol. The molecule has 1 saturated heterocycles. The molecule has 1 aromatic rings. The van der Waals surface area contributed by atoms with Gasteiger partial charge in [-0.1, -0.05) is 18.2 Å². The van der Waals surface area contributed by atoms with Gasteiger partial charge in [0.1, 0.15) is 0 Å². The lowest BCUT2D eigenvalue weighted by Gasteiger charge is -2.48. The highest BCUT2D eigenvalue weighted by atomic mass is 16.4. The van der Waals surface area contributed by atoms with E-state index in [-0.39, 0.29) is 17.1 Å². The van der Waals surface area contributed by atoms with Crippen LogP contribution in [0.25, 0.3) is 0 Å². The summed E-state index contributed by atoms with van der Waals surface area (Å²) < 4.78 is 0. The smallest absolute Gasteiger partial charge is 0.407 e. The van der Waals surface area contributed by atoms with E-state index in [1.807, 2.05) is 28.0 Å². The average molecular weight is 359 g/mol. The number of piperidine rings is 1. The summed E-state index contributed by atoms with van der Waals surface area (Å²) in [6.07, 6.45) is 1.27. The Morgan fingerprint density at radius 1 is 1.12 bits per heavy atom. The summed E-state index contributed by atoms with van der Waals surface area (Å²) in [6, 6.07) is 8.14. The fraction of sp³-hybridized carbons (Fsp3) is 0.600. The number of anilines is 1. The zero-order chi connectivity index (χ0) is 19.1. The van der Waals surface area contributed by atoms with Crippen LogP contribution in [-0.4, -0.2) is 57.7 Å². The maximum Gasteiger partial charge on any atom is 0.407 e. The molecule has 1 aromatic carbocycles. The number of nitrogens with zero attached hydrogens (tertiary/aromatic N) is 3. The number of urea groups is 1. The zero-order valence-electron chi connectivity index (χ0n) is 16.2. The summed E-state index contributed by atoms with van der Waals surface area (Å²) in [6.45, 7) is 9.87. The van der Waals surface area contributed by atoms with Crippen molar-refractivity contribution < 1.29 is 14.7 Å². The third kappa shape index (κ3) is 3.24. The Hall–Kier alpha value is -2.24. The van der Waals surface area contributed by atoms with Crippen molar-refractivity contribution in [1.29, 1.82) is 0 Å². The normalized spacial score (nSPS) is 20.6. The van der Waals surface area contributed by atoms with Crippen molar-refractivity contribution in [2.75, 3.05) is 24.5 Å². The van der Waals surface area contributed by atoms with Crippen molar-refractivity contribution in [3.8, 4) is 0 Å². The minimum Gasteiger partial charge on any atom is -0.465 e. The van der Waals surface area contributed by atoms with E-state index in [1.54, 1.807) is 0 Å². The number of hydrogen-bond donors (Lipinski definition) is 1. The van der Waals surface area contributed by atoms with Gasteiger partial charge in [0.05, 0.1) is 0 Å². The summed E-state index contributed by atoms with van der Waals surface area (Å²) >= 11 is 0. The Morgan fingerprint density at radius 2 is 1.73 bits per heavy atom. The van der Waals surface area contributed by atoms with E-state index < -0.39 is 6.09 Å². The van der Waals surface area contributed by atoms with E-state index >= 15 is 0 Å². The number of carbonyl (C=O) groups is 2. The number of carboxylic acid groups (broad SMARTS) is 1. The van der Waals surface area contributed by atoms with Gasteiger partial charge in [-0.3, -0.25) is 4.90 Å². The molecule has 0 radical (unpaired) electrons. The van der Waals surface area contributed by atoms with E-state index in [9.17, 15) is 14.7 Å². The highest BCUT2D eigenvalue weighted by Crippen LogP contribution is 2.37. The molecule has 26 heavy (non-hydrogen) atoms. The molecule has 6 nitrogen and oxygen atoms in total. The second kappa shape index (κ2) is 6.49. The number of benzene rings is 1. The van der Waals surface area contributed by atoms with Gasteiger partial charge in [-0.2, -0.15) is 0 Å². The number of rotatable bonds is 1. The van der Waals surface area contributed by atoms with E-state index in [2.05, 4.69) is 33.8 Å². The van der Waals surface area contributed by atoms with Crippen molar-refractivity contribution in [2.45, 2.75) is 58.0 Å². The van der Waals surface area contributed by atoms with Crippen LogP contribution in [0, 0.1) is 0 Å². The van der Waals surface area contributed by atoms with Gasteiger partial charge in [0.15, 0.2) is 0 Å². The van der Waals surface area contributed by atoms with Crippen molar-refractivity contribution in [1.82, 2.24) is 9.80 Å². The molecule has 0 atom stereocenters. The Labute approximate surface area is 155 Å². The van der Waals surface area contributed by atoms with E-state index in [4.69, 9.17) is 0 Å². The van der Waals surface area contributed by atoms with Gasteiger partial charge >= 0.3 is 12.1 Å². The third-order valence-electron chi connectivity index (χ3n) is 5.69. The first-order chi connectivity index (χ1) is 12.1. The van der Waals surface area contributed by atoms with Crippen LogP contribution >= 0.6 is 0 Å². The minimum absolute atomic E-state index is 0.0220. The average Bonchev–Trinajstić information content (AvgIpc) is 2.71. The van der Waals surface area contributed by atoms with E-state index in [1.165, 1.54) is 10.5 Å². The molecule has 0 saturated carbocycles. The molecule has 2 aliphatic heterocycles. The van der Waals surface area contributed by atoms with Crippen LogP contribution in [0.5, 0.6) is 0 Å². The van der Waals surface area contributed by atoms with Crippen LogP contribution < -0.4 is 4.90 Å². The summed E-state index contributed by atoms with van der Waals surface area (Å²) in [5, 5.41) is 9.22. The fourth-order valence-electron chi connectivity index (χ4n) is 4.09. The first kappa shape index (κ1) is 18.5. The molecule has 0 bridgehead atoms. The van der Waals surface area contributed by atoms with Gasteiger partial charge in [0.2, 0.25) is 0 Å². The minimum atomic E-state index is -0.877. The van der Waals surface area contributed by atoms with Crippen molar-refractivity contribution in [2.24, 2.45) is 0 Å². The number of amides is 3. The van der Waals surface area contributed by atoms with E-state index in [0.717, 1.165) is 12.1 Å². The molecule has 0 aromatic heterocycles. The Bertz CT molecular complexity index is 702. The third-order valence-corrected chi connectivity index (χ3v) is 5.69. The molecule has 3 rings (SSSR count). The SMILES string of the molecule is CC(C)(C)N1C(=O)N(C2(C)CCN(C(=O)O)CC2)CCc2ccccc21. The molecule has 142 valence electrons. The van der Waals surface area contributed by atoms with Gasteiger partial charge in [-0.25, -0.2) is 9.59 Å². The van der Waals surface area contributed by atoms with Gasteiger partial charge in [-0.15, -0.1) is 0 Å². The first-order valence-corrected chi connectivity index (χ1v) is 9.31. The Morgan fingerprint density at radius 3 is 2.31 bits per heavy atom. The largest absolute Gasteiger partial charge is 0.465 e. The molecule has 6 heteroatoms. The molecular weight excluding hydrogens is 330 g/mol. The maximum atomic E-state index is 13.6. The quantitative estimate of drug-likeness (QED) is 0.829. The molecule has 1 fully saturated rings. The Balaban J connectivity index is 1.93. The van der Waals surface area contributed by atoms with Gasteiger partial charge < -0.3 is 14.9 Å². The van der Waals surface area contributed by atoms with Crippen LogP contribution in [0.4, 0.5) is 15.3 Å². The van der Waals surface area contributed by atoms with Gasteiger partial charge in [0.25, 0.3) is 0 Å². The standard InChI is InChI=1S/C20H29N3O3/c1-19(2,3)23-16-8-6-5-7-15(16)9-12-22(17(23)24)20(4)10-13-21(14-11-20)18(25)26/h5-8H,9-14H2,1-4H3,(H,25,26). The molecule has 0 unspecified atom stereocenters. The summed E-state index contributed by atoms with van der Waals surface area (Å²) in [5.41, 5.74) is 1.51. The predicted octanol–water partition coefficient (Wildman–Crippen LogP) is 3.80. The lowest BCUT2D eigenvalue weighted by atomic mass is 9.87. The molecule has 1 N–H and O–H groups in total. The second-order valence-electron chi connectivity index (χ2n) is 8.59. The maximum absolute atomic E-state index is 13.6. The molecule has 0 aliphatic carbocycles. The summed E-state index contributed by atoms with van der Waals surface area (Å²) in [5.74, 6) is 0. The lowest BCUT2D eigenvalue weighted by molar-refractivity contribution is 0.0594. The number of hydrogen-bond acceptors (Lipinski definition) is 2. The lowest BCUT2D eigenvalue weighted by Crippen LogP contribution is -2.61. The van der Waals surface area contributed by atoms with Crippen molar-refractivity contribution >= 4 is 17.8 Å². The zero-order valence-corrected chi connectivity index (χ0v) is 16.2. The summed E-state index contributed by atoms with van der Waals surface area (Å²) in [4.78, 5) is 30.2. The van der Waals surface area contributed by atoms with Gasteiger partial charge in [0, 0.05) is 36.4 Å². The van der Waals surface area contributed by atoms with Gasteiger partial charge in [-0.05, 0) is 58.6 Å². The monoisotopic (exact) mass is 359 g/mol. The molecule has 3 amide bonds. The molecule has 2 aliphatic rings. The molecule has 2 heterocycles. The molecule has 0 spiro atoms. The van der Waals surface area contributed by atoms with E-state index in [0.29, 0.717) is 32.5 Å².